The molecule has 2 saturated carbocycles. The molecule has 0 aromatic carbocycles. The van der Waals surface area contributed by atoms with Crippen molar-refractivity contribution in [3.8, 4) is 0 Å². The second-order valence-corrected chi connectivity index (χ2v) is 5.77. The largest absolute Gasteiger partial charge is 0.361 e. The first-order valence-corrected chi connectivity index (χ1v) is 6.97. The first kappa shape index (κ1) is 11.3. The molecule has 0 spiro atoms. The van der Waals surface area contributed by atoms with Crippen molar-refractivity contribution >= 4 is 0 Å². The lowest BCUT2D eigenvalue weighted by Crippen LogP contribution is -2.34. The number of aryl methyl sites for hydroxylation is 1. The Balaban J connectivity index is 1.47. The van der Waals surface area contributed by atoms with Crippen molar-refractivity contribution in [1.29, 1.82) is 0 Å². The number of aromatic nitrogens is 1. The fourth-order valence-electron chi connectivity index (χ4n) is 3.16. The Bertz CT molecular complexity index is 370. The molecule has 0 bridgehead atoms. The second-order valence-electron chi connectivity index (χ2n) is 5.77. The molecule has 3 heteroatoms. The average Bonchev–Trinajstić information content (AvgIpc) is 3.11. The van der Waals surface area contributed by atoms with E-state index in [1.807, 2.05) is 13.0 Å². The van der Waals surface area contributed by atoms with Crippen LogP contribution < -0.4 is 5.32 Å². The van der Waals surface area contributed by atoms with Crippen LogP contribution in [0.2, 0.25) is 0 Å². The van der Waals surface area contributed by atoms with Gasteiger partial charge in [-0.1, -0.05) is 18.0 Å². The van der Waals surface area contributed by atoms with Crippen LogP contribution in [-0.2, 0) is 6.54 Å². The maximum Gasteiger partial charge on any atom is 0.133 e. The van der Waals surface area contributed by atoms with Gasteiger partial charge in [0.15, 0.2) is 0 Å². The van der Waals surface area contributed by atoms with Crippen molar-refractivity contribution in [2.75, 3.05) is 0 Å². The molecule has 3 nitrogen and oxygen atoms in total. The molecule has 1 aromatic rings. The zero-order valence-corrected chi connectivity index (χ0v) is 10.6. The van der Waals surface area contributed by atoms with Gasteiger partial charge in [-0.2, -0.15) is 0 Å². The first-order valence-electron chi connectivity index (χ1n) is 6.97. The van der Waals surface area contributed by atoms with E-state index in [1.54, 1.807) is 0 Å². The highest BCUT2D eigenvalue weighted by molar-refractivity contribution is 5.03. The molecule has 2 atom stereocenters. The van der Waals surface area contributed by atoms with E-state index < -0.39 is 0 Å². The van der Waals surface area contributed by atoms with Gasteiger partial charge in [-0.05, 0) is 44.4 Å². The predicted octanol–water partition coefficient (Wildman–Crippen LogP) is 3.04. The van der Waals surface area contributed by atoms with E-state index >= 15 is 0 Å². The van der Waals surface area contributed by atoms with Crippen LogP contribution >= 0.6 is 0 Å². The Morgan fingerprint density at radius 2 is 2.18 bits per heavy atom. The predicted molar refractivity (Wildman–Crippen MR) is 66.5 cm³/mol. The normalized spacial score (nSPS) is 29.5. The third-order valence-electron chi connectivity index (χ3n) is 4.25. The Morgan fingerprint density at radius 1 is 1.29 bits per heavy atom. The first-order chi connectivity index (χ1) is 8.31. The van der Waals surface area contributed by atoms with Gasteiger partial charge in [0.25, 0.3) is 0 Å². The van der Waals surface area contributed by atoms with E-state index in [2.05, 4.69) is 10.5 Å². The molecule has 94 valence electrons. The lowest BCUT2D eigenvalue weighted by Gasteiger charge is -2.29. The molecular weight excluding hydrogens is 212 g/mol. The van der Waals surface area contributed by atoms with E-state index in [0.717, 1.165) is 29.8 Å². The van der Waals surface area contributed by atoms with E-state index in [-0.39, 0.29) is 0 Å². The van der Waals surface area contributed by atoms with E-state index in [1.165, 1.54) is 38.5 Å². The number of rotatable bonds is 4. The Morgan fingerprint density at radius 3 is 2.88 bits per heavy atom. The molecule has 1 aromatic heterocycles. The summed E-state index contributed by atoms with van der Waals surface area (Å²) in [6.45, 7) is 2.81. The molecule has 0 amide bonds. The maximum atomic E-state index is 5.08. The molecule has 0 radical (unpaired) electrons. The summed E-state index contributed by atoms with van der Waals surface area (Å²) in [5.41, 5.74) is 1.04. The highest BCUT2D eigenvalue weighted by Gasteiger charge is 2.34. The standard InChI is InChI=1S/C14H22N2O/c1-10-7-14(16-17-10)9-15-13-4-2-3-12(8-13)11-5-6-11/h7,11-13,15H,2-6,8-9H2,1H3. The zero-order valence-electron chi connectivity index (χ0n) is 10.6. The van der Waals surface area contributed by atoms with Gasteiger partial charge in [-0.3, -0.25) is 0 Å². The Kier molecular flexibility index (Phi) is 3.19. The van der Waals surface area contributed by atoms with Gasteiger partial charge in [0, 0.05) is 18.7 Å². The molecule has 2 aliphatic rings. The summed E-state index contributed by atoms with van der Waals surface area (Å²) in [5, 5.41) is 7.67. The van der Waals surface area contributed by atoms with Crippen LogP contribution in [0, 0.1) is 18.8 Å². The summed E-state index contributed by atoms with van der Waals surface area (Å²) in [6, 6.07) is 2.72. The highest BCUT2D eigenvalue weighted by Crippen LogP contribution is 2.43. The molecule has 3 rings (SSSR count). The summed E-state index contributed by atoms with van der Waals surface area (Å²) in [6.07, 6.45) is 8.55. The quantitative estimate of drug-likeness (QED) is 0.870. The summed E-state index contributed by atoms with van der Waals surface area (Å²) in [5.74, 6) is 2.97. The zero-order chi connectivity index (χ0) is 11.7. The smallest absolute Gasteiger partial charge is 0.133 e. The van der Waals surface area contributed by atoms with Gasteiger partial charge in [-0.25, -0.2) is 0 Å². The van der Waals surface area contributed by atoms with Gasteiger partial charge in [0.05, 0.1) is 5.69 Å². The van der Waals surface area contributed by atoms with E-state index in [4.69, 9.17) is 4.52 Å². The van der Waals surface area contributed by atoms with Crippen LogP contribution in [0.1, 0.15) is 50.0 Å². The van der Waals surface area contributed by atoms with Gasteiger partial charge in [-0.15, -0.1) is 0 Å². The maximum absolute atomic E-state index is 5.08. The summed E-state index contributed by atoms with van der Waals surface area (Å²) >= 11 is 0. The van der Waals surface area contributed by atoms with Crippen LogP contribution in [0.25, 0.3) is 0 Å². The summed E-state index contributed by atoms with van der Waals surface area (Å²) in [7, 11) is 0. The topological polar surface area (TPSA) is 38.1 Å². The van der Waals surface area contributed by atoms with Crippen molar-refractivity contribution < 1.29 is 4.52 Å². The molecule has 2 aliphatic carbocycles. The van der Waals surface area contributed by atoms with Crippen LogP contribution in [0.3, 0.4) is 0 Å². The lowest BCUT2D eigenvalue weighted by molar-refractivity contribution is 0.258. The molecule has 0 aliphatic heterocycles. The van der Waals surface area contributed by atoms with Crippen molar-refractivity contribution in [2.45, 2.75) is 58.0 Å². The van der Waals surface area contributed by atoms with E-state index in [9.17, 15) is 0 Å². The molecule has 2 unspecified atom stereocenters. The van der Waals surface area contributed by atoms with Gasteiger partial charge in [0.2, 0.25) is 0 Å². The second kappa shape index (κ2) is 4.81. The highest BCUT2D eigenvalue weighted by atomic mass is 16.5. The molecule has 1 heterocycles. The molecular formula is C14H22N2O. The van der Waals surface area contributed by atoms with Crippen molar-refractivity contribution in [3.63, 3.8) is 0 Å². The Hall–Kier alpha value is -0.830. The number of hydrogen-bond donors (Lipinski definition) is 1. The number of nitrogens with one attached hydrogen (secondary N) is 1. The summed E-state index contributed by atoms with van der Waals surface area (Å²) in [4.78, 5) is 0. The molecule has 2 fully saturated rings. The SMILES string of the molecule is Cc1cc(CNC2CCCC(C3CC3)C2)no1. The van der Waals surface area contributed by atoms with Crippen LogP contribution in [0.4, 0.5) is 0 Å². The number of nitrogens with zero attached hydrogens (tertiary/aromatic N) is 1. The molecule has 0 saturated heterocycles. The van der Waals surface area contributed by atoms with Gasteiger partial charge < -0.3 is 9.84 Å². The molecule has 1 N–H and O–H groups in total. The van der Waals surface area contributed by atoms with E-state index in [0.29, 0.717) is 6.04 Å². The minimum Gasteiger partial charge on any atom is -0.361 e. The van der Waals surface area contributed by atoms with Crippen molar-refractivity contribution in [2.24, 2.45) is 11.8 Å². The minimum atomic E-state index is 0.700. The van der Waals surface area contributed by atoms with Crippen LogP contribution in [-0.4, -0.2) is 11.2 Å². The van der Waals surface area contributed by atoms with Gasteiger partial charge >= 0.3 is 0 Å². The molecule has 17 heavy (non-hydrogen) atoms. The third kappa shape index (κ3) is 2.89. The lowest BCUT2D eigenvalue weighted by atomic mass is 9.83. The monoisotopic (exact) mass is 234 g/mol. The average molecular weight is 234 g/mol. The van der Waals surface area contributed by atoms with Crippen molar-refractivity contribution in [3.05, 3.63) is 17.5 Å². The fraction of sp³-hybridized carbons (Fsp3) is 0.786. The van der Waals surface area contributed by atoms with Crippen LogP contribution in [0.5, 0.6) is 0 Å². The Labute approximate surface area is 103 Å². The fourth-order valence-corrected chi connectivity index (χ4v) is 3.16. The number of hydrogen-bond acceptors (Lipinski definition) is 3. The minimum absolute atomic E-state index is 0.700. The summed E-state index contributed by atoms with van der Waals surface area (Å²) < 4.78 is 5.08. The van der Waals surface area contributed by atoms with Gasteiger partial charge in [0.1, 0.15) is 5.76 Å². The van der Waals surface area contributed by atoms with Crippen molar-refractivity contribution in [1.82, 2.24) is 10.5 Å². The third-order valence-corrected chi connectivity index (χ3v) is 4.25. The van der Waals surface area contributed by atoms with Crippen LogP contribution in [0.15, 0.2) is 10.6 Å².